The average molecular weight is 248 g/mol. The van der Waals surface area contributed by atoms with E-state index >= 15 is 0 Å². The van der Waals surface area contributed by atoms with Crippen molar-refractivity contribution in [2.75, 3.05) is 0 Å². The lowest BCUT2D eigenvalue weighted by Crippen LogP contribution is -2.07. The summed E-state index contributed by atoms with van der Waals surface area (Å²) in [6.45, 7) is 3.57. The summed E-state index contributed by atoms with van der Waals surface area (Å²) in [6.07, 6.45) is 8.64. The van der Waals surface area contributed by atoms with Crippen LogP contribution in [0.5, 0.6) is 5.75 Å². The van der Waals surface area contributed by atoms with Gasteiger partial charge >= 0.3 is 5.97 Å². The number of carbonyl (C=O) groups is 1. The Morgan fingerprint density at radius 2 is 2.00 bits per heavy atom. The zero-order valence-corrected chi connectivity index (χ0v) is 10.3. The first kappa shape index (κ1) is 14.2. The van der Waals surface area contributed by atoms with E-state index in [-0.39, 0.29) is 11.8 Å². The maximum absolute atomic E-state index is 12.6. The molecule has 96 valence electrons. The maximum Gasteiger partial charge on any atom is 0.311 e. The summed E-state index contributed by atoms with van der Waals surface area (Å²) in [5.74, 6) is -0.244. The summed E-state index contributed by atoms with van der Waals surface area (Å²) in [6, 6.07) is 5.42. The van der Waals surface area contributed by atoms with E-state index in [0.717, 1.165) is 19.3 Å². The van der Waals surface area contributed by atoms with Crippen molar-refractivity contribution in [3.63, 3.8) is 0 Å². The summed E-state index contributed by atoms with van der Waals surface area (Å²) >= 11 is 0. The highest BCUT2D eigenvalue weighted by Gasteiger charge is 2.04. The Morgan fingerprint density at radius 1 is 1.28 bits per heavy atom. The van der Waals surface area contributed by atoms with Crippen molar-refractivity contribution in [1.29, 1.82) is 0 Å². The molecule has 0 aliphatic heterocycles. The summed E-state index contributed by atoms with van der Waals surface area (Å²) in [4.78, 5) is 11.4. The highest BCUT2D eigenvalue weighted by Crippen LogP contribution is 2.12. The van der Waals surface area contributed by atoms with E-state index in [1.54, 1.807) is 6.08 Å². The van der Waals surface area contributed by atoms with Crippen molar-refractivity contribution in [1.82, 2.24) is 0 Å². The molecule has 0 aromatic heterocycles. The van der Waals surface area contributed by atoms with Gasteiger partial charge in [-0.05, 0) is 43.5 Å². The molecule has 0 unspecified atom stereocenters. The van der Waals surface area contributed by atoms with Crippen LogP contribution in [-0.4, -0.2) is 5.97 Å². The molecule has 0 aliphatic carbocycles. The van der Waals surface area contributed by atoms with Crippen molar-refractivity contribution in [3.05, 3.63) is 54.9 Å². The van der Waals surface area contributed by atoms with E-state index in [4.69, 9.17) is 4.74 Å². The van der Waals surface area contributed by atoms with Crippen molar-refractivity contribution in [2.24, 2.45) is 0 Å². The van der Waals surface area contributed by atoms with E-state index in [1.165, 1.54) is 24.3 Å². The van der Waals surface area contributed by atoms with Gasteiger partial charge in [-0.1, -0.05) is 24.8 Å². The molecule has 0 saturated heterocycles. The molecule has 0 radical (unpaired) electrons. The molecule has 1 rings (SSSR count). The van der Waals surface area contributed by atoms with Crippen LogP contribution in [0.15, 0.2) is 49.1 Å². The first-order valence-electron chi connectivity index (χ1n) is 5.96. The van der Waals surface area contributed by atoms with Gasteiger partial charge < -0.3 is 4.74 Å². The van der Waals surface area contributed by atoms with Crippen LogP contribution in [0.1, 0.15) is 25.7 Å². The van der Waals surface area contributed by atoms with Crippen LogP contribution in [0, 0.1) is 5.82 Å². The summed E-state index contributed by atoms with van der Waals surface area (Å²) in [5.41, 5.74) is 0. The minimum absolute atomic E-state index is 0.283. The zero-order valence-electron chi connectivity index (χ0n) is 10.3. The third kappa shape index (κ3) is 5.99. The van der Waals surface area contributed by atoms with Crippen LogP contribution in [0.25, 0.3) is 0 Å². The largest absolute Gasteiger partial charge is 0.427 e. The minimum Gasteiger partial charge on any atom is -0.427 e. The molecule has 0 amide bonds. The monoisotopic (exact) mass is 248 g/mol. The predicted octanol–water partition coefficient (Wildman–Crippen LogP) is 4.03. The quantitative estimate of drug-likeness (QED) is 0.315. The lowest BCUT2D eigenvalue weighted by molar-refractivity contribution is -0.134. The molecule has 1 aromatic rings. The number of ether oxygens (including phenoxy) is 1. The number of benzene rings is 1. The Bertz CT molecular complexity index is 407. The smallest absolute Gasteiger partial charge is 0.311 e. The van der Waals surface area contributed by atoms with Crippen molar-refractivity contribution >= 4 is 5.97 Å². The number of rotatable bonds is 7. The molecule has 0 spiro atoms. The van der Waals surface area contributed by atoms with E-state index < -0.39 is 0 Å². The van der Waals surface area contributed by atoms with Gasteiger partial charge in [-0.15, -0.1) is 0 Å². The summed E-state index contributed by atoms with van der Waals surface area (Å²) in [7, 11) is 0. The van der Waals surface area contributed by atoms with Gasteiger partial charge in [-0.25, -0.2) is 4.39 Å². The number of allylic oxidation sites excluding steroid dienone is 3. The van der Waals surface area contributed by atoms with Crippen LogP contribution in [0.3, 0.4) is 0 Å². The fourth-order valence-corrected chi connectivity index (χ4v) is 1.41. The standard InChI is InChI=1S/C15H17FO2/c1-2-3-4-5-6-7-8-15(17)18-14-11-9-13(16)10-12-14/h2-4,9-12H,1,5-8H2. The van der Waals surface area contributed by atoms with Gasteiger partial charge in [-0.2, -0.15) is 0 Å². The number of halogens is 1. The highest BCUT2D eigenvalue weighted by molar-refractivity contribution is 5.72. The molecule has 0 N–H and O–H groups in total. The second-order valence-corrected chi connectivity index (χ2v) is 3.84. The van der Waals surface area contributed by atoms with Gasteiger partial charge in [-0.3, -0.25) is 4.79 Å². The Labute approximate surface area is 107 Å². The maximum atomic E-state index is 12.6. The van der Waals surface area contributed by atoms with Gasteiger partial charge in [0.1, 0.15) is 11.6 Å². The van der Waals surface area contributed by atoms with Gasteiger partial charge in [0, 0.05) is 6.42 Å². The molecule has 0 aliphatic rings. The Hall–Kier alpha value is -1.90. The van der Waals surface area contributed by atoms with Gasteiger partial charge in [0.05, 0.1) is 0 Å². The molecular formula is C15H17FO2. The molecular weight excluding hydrogens is 231 g/mol. The topological polar surface area (TPSA) is 26.3 Å². The van der Waals surface area contributed by atoms with E-state index in [9.17, 15) is 9.18 Å². The molecule has 0 bridgehead atoms. The summed E-state index contributed by atoms with van der Waals surface area (Å²) < 4.78 is 17.7. The number of esters is 1. The third-order valence-corrected chi connectivity index (χ3v) is 2.32. The third-order valence-electron chi connectivity index (χ3n) is 2.32. The van der Waals surface area contributed by atoms with Gasteiger partial charge in [0.2, 0.25) is 0 Å². The lowest BCUT2D eigenvalue weighted by atomic mass is 10.2. The summed E-state index contributed by atoms with van der Waals surface area (Å²) in [5, 5.41) is 0. The molecule has 0 saturated carbocycles. The predicted molar refractivity (Wildman–Crippen MR) is 69.8 cm³/mol. The zero-order chi connectivity index (χ0) is 13.2. The van der Waals surface area contributed by atoms with Gasteiger partial charge in [0.15, 0.2) is 0 Å². The first-order chi connectivity index (χ1) is 8.72. The van der Waals surface area contributed by atoms with Crippen LogP contribution in [-0.2, 0) is 4.79 Å². The lowest BCUT2D eigenvalue weighted by Gasteiger charge is -2.03. The van der Waals surface area contributed by atoms with Crippen LogP contribution >= 0.6 is 0 Å². The molecule has 1 aromatic carbocycles. The minimum atomic E-state index is -0.344. The second kappa shape index (κ2) is 8.23. The van der Waals surface area contributed by atoms with Crippen molar-refractivity contribution in [2.45, 2.75) is 25.7 Å². The fourth-order valence-electron chi connectivity index (χ4n) is 1.41. The second-order valence-electron chi connectivity index (χ2n) is 3.84. The molecule has 0 fully saturated rings. The van der Waals surface area contributed by atoms with Crippen LogP contribution < -0.4 is 4.74 Å². The Morgan fingerprint density at radius 3 is 2.67 bits per heavy atom. The Balaban J connectivity index is 2.19. The normalized spacial score (nSPS) is 10.5. The van der Waals surface area contributed by atoms with E-state index in [1.807, 2.05) is 12.2 Å². The SMILES string of the molecule is C=CC=CCCCCC(=O)Oc1ccc(F)cc1. The number of hydrogen-bond acceptors (Lipinski definition) is 2. The van der Waals surface area contributed by atoms with Crippen LogP contribution in [0.4, 0.5) is 4.39 Å². The van der Waals surface area contributed by atoms with Crippen molar-refractivity contribution in [3.8, 4) is 5.75 Å². The van der Waals surface area contributed by atoms with Crippen molar-refractivity contribution < 1.29 is 13.9 Å². The van der Waals surface area contributed by atoms with Crippen LogP contribution in [0.2, 0.25) is 0 Å². The molecule has 3 heteroatoms. The molecule has 18 heavy (non-hydrogen) atoms. The highest BCUT2D eigenvalue weighted by atomic mass is 19.1. The van der Waals surface area contributed by atoms with E-state index in [0.29, 0.717) is 12.2 Å². The first-order valence-corrected chi connectivity index (χ1v) is 5.96. The molecule has 0 heterocycles. The fraction of sp³-hybridized carbons (Fsp3) is 0.267. The molecule has 0 atom stereocenters. The number of hydrogen-bond donors (Lipinski definition) is 0. The Kier molecular flexibility index (Phi) is 6.47. The van der Waals surface area contributed by atoms with Gasteiger partial charge in [0.25, 0.3) is 0 Å². The number of carbonyl (C=O) groups excluding carboxylic acids is 1. The number of unbranched alkanes of at least 4 members (excludes halogenated alkanes) is 2. The molecule has 2 nitrogen and oxygen atoms in total. The average Bonchev–Trinajstić information content (AvgIpc) is 2.36. The van der Waals surface area contributed by atoms with E-state index in [2.05, 4.69) is 6.58 Å².